The van der Waals surface area contributed by atoms with E-state index in [0.29, 0.717) is 22.0 Å². The lowest BCUT2D eigenvalue weighted by atomic mass is 10.0. The molecule has 0 heterocycles. The van der Waals surface area contributed by atoms with Crippen molar-refractivity contribution in [2.24, 2.45) is 5.73 Å². The number of methoxy groups -OCH3 is 1. The average Bonchev–Trinajstić information content (AvgIpc) is 2.39. The molecule has 0 aliphatic carbocycles. The number of benzene rings is 1. The largest absolute Gasteiger partial charge is 0.443 e. The fourth-order valence-electron chi connectivity index (χ4n) is 1.78. The summed E-state index contributed by atoms with van der Waals surface area (Å²) in [4.78, 5) is 11.0. The van der Waals surface area contributed by atoms with Gasteiger partial charge in [-0.25, -0.2) is 4.79 Å². The molecule has 0 aliphatic rings. The number of rotatable bonds is 7. The smallest absolute Gasteiger partial charge is 0.404 e. The van der Waals surface area contributed by atoms with Crippen LogP contribution in [-0.2, 0) is 14.2 Å². The second-order valence-corrected chi connectivity index (χ2v) is 4.89. The Morgan fingerprint density at radius 1 is 1.40 bits per heavy atom. The molecule has 1 amide bonds. The molecular weight excluding hydrogens is 305 g/mol. The number of hydrogen-bond acceptors (Lipinski definition) is 4. The summed E-state index contributed by atoms with van der Waals surface area (Å²) in [6.07, 6.45) is -1.51. The predicted molar refractivity (Wildman–Crippen MR) is 76.9 cm³/mol. The molecule has 1 aromatic carbocycles. The van der Waals surface area contributed by atoms with Crippen molar-refractivity contribution in [3.05, 3.63) is 33.8 Å². The molecule has 2 unspecified atom stereocenters. The van der Waals surface area contributed by atoms with Crippen LogP contribution in [0.1, 0.15) is 25.0 Å². The highest BCUT2D eigenvalue weighted by Gasteiger charge is 2.27. The highest BCUT2D eigenvalue weighted by Crippen LogP contribution is 2.32. The highest BCUT2D eigenvalue weighted by molar-refractivity contribution is 6.35. The van der Waals surface area contributed by atoms with E-state index in [2.05, 4.69) is 0 Å². The van der Waals surface area contributed by atoms with E-state index < -0.39 is 18.3 Å². The van der Waals surface area contributed by atoms with Crippen molar-refractivity contribution < 1.29 is 19.0 Å². The van der Waals surface area contributed by atoms with Crippen LogP contribution in [0.4, 0.5) is 4.79 Å². The Hall–Kier alpha value is -1.01. The lowest BCUT2D eigenvalue weighted by molar-refractivity contribution is -0.115. The SMILES string of the molecule is CCC(OC(N)=O)C(OCOC)c1ccc(Cl)cc1Cl. The molecule has 20 heavy (non-hydrogen) atoms. The third-order valence-electron chi connectivity index (χ3n) is 2.64. The molecule has 2 N–H and O–H groups in total. The average molecular weight is 322 g/mol. The van der Waals surface area contributed by atoms with Gasteiger partial charge in [-0.1, -0.05) is 36.2 Å². The summed E-state index contributed by atoms with van der Waals surface area (Å²) in [5, 5.41) is 0.929. The van der Waals surface area contributed by atoms with Crippen LogP contribution in [0.15, 0.2) is 18.2 Å². The first kappa shape index (κ1) is 17.0. The number of primary amides is 1. The summed E-state index contributed by atoms with van der Waals surface area (Å²) in [6, 6.07) is 5.00. The van der Waals surface area contributed by atoms with Gasteiger partial charge in [0.1, 0.15) is 19.0 Å². The van der Waals surface area contributed by atoms with E-state index in [4.69, 9.17) is 43.1 Å². The van der Waals surface area contributed by atoms with Crippen LogP contribution in [0, 0.1) is 0 Å². The van der Waals surface area contributed by atoms with Gasteiger partial charge in [-0.05, 0) is 18.6 Å². The van der Waals surface area contributed by atoms with E-state index in [9.17, 15) is 4.79 Å². The Morgan fingerprint density at radius 3 is 2.60 bits per heavy atom. The number of amides is 1. The first-order valence-corrected chi connectivity index (χ1v) is 6.76. The van der Waals surface area contributed by atoms with Crippen molar-refractivity contribution in [3.63, 3.8) is 0 Å². The van der Waals surface area contributed by atoms with E-state index >= 15 is 0 Å². The van der Waals surface area contributed by atoms with E-state index in [1.165, 1.54) is 7.11 Å². The first-order valence-electron chi connectivity index (χ1n) is 6.01. The summed E-state index contributed by atoms with van der Waals surface area (Å²) in [6.45, 7) is 1.88. The summed E-state index contributed by atoms with van der Waals surface area (Å²) >= 11 is 12.0. The topological polar surface area (TPSA) is 70.8 Å². The molecular formula is C13H17Cl2NO4. The molecule has 1 rings (SSSR count). The molecule has 1 aromatic rings. The molecule has 112 valence electrons. The minimum absolute atomic E-state index is 0.0300. The van der Waals surface area contributed by atoms with Crippen LogP contribution in [0.2, 0.25) is 10.0 Å². The van der Waals surface area contributed by atoms with Crippen molar-refractivity contribution >= 4 is 29.3 Å². The fourth-order valence-corrected chi connectivity index (χ4v) is 2.30. The first-order chi connectivity index (χ1) is 9.49. The summed E-state index contributed by atoms with van der Waals surface area (Å²) in [5.74, 6) is 0. The summed E-state index contributed by atoms with van der Waals surface area (Å²) in [7, 11) is 1.50. The van der Waals surface area contributed by atoms with Crippen LogP contribution in [0.3, 0.4) is 0 Å². The number of nitrogens with two attached hydrogens (primary N) is 1. The molecule has 0 aliphatic heterocycles. The second kappa shape index (κ2) is 8.32. The normalized spacial score (nSPS) is 13.8. The Balaban J connectivity index is 3.05. The molecule has 7 heteroatoms. The van der Waals surface area contributed by atoms with Crippen LogP contribution in [0.25, 0.3) is 0 Å². The molecule has 0 spiro atoms. The van der Waals surface area contributed by atoms with Gasteiger partial charge in [-0.15, -0.1) is 0 Å². The van der Waals surface area contributed by atoms with Gasteiger partial charge >= 0.3 is 6.09 Å². The van der Waals surface area contributed by atoms with Gasteiger partial charge in [0.2, 0.25) is 0 Å². The third-order valence-corrected chi connectivity index (χ3v) is 3.20. The lowest BCUT2D eigenvalue weighted by Gasteiger charge is -2.26. The summed E-state index contributed by atoms with van der Waals surface area (Å²) < 4.78 is 15.5. The minimum Gasteiger partial charge on any atom is -0.443 e. The number of hydrogen-bond donors (Lipinski definition) is 1. The predicted octanol–water partition coefficient (Wildman–Crippen LogP) is 3.53. The van der Waals surface area contributed by atoms with Crippen LogP contribution < -0.4 is 5.73 Å². The zero-order valence-corrected chi connectivity index (χ0v) is 12.8. The molecule has 0 saturated carbocycles. The van der Waals surface area contributed by atoms with Crippen molar-refractivity contribution in [1.29, 1.82) is 0 Å². The van der Waals surface area contributed by atoms with Crippen molar-refractivity contribution in [3.8, 4) is 0 Å². The maximum atomic E-state index is 11.0. The lowest BCUT2D eigenvalue weighted by Crippen LogP contribution is -2.30. The molecule has 0 bridgehead atoms. The quantitative estimate of drug-likeness (QED) is 0.780. The van der Waals surface area contributed by atoms with Crippen molar-refractivity contribution in [2.75, 3.05) is 13.9 Å². The van der Waals surface area contributed by atoms with Gasteiger partial charge in [0.15, 0.2) is 0 Å². The van der Waals surface area contributed by atoms with E-state index in [-0.39, 0.29) is 6.79 Å². The highest BCUT2D eigenvalue weighted by atomic mass is 35.5. The number of ether oxygens (including phenoxy) is 3. The maximum Gasteiger partial charge on any atom is 0.404 e. The van der Waals surface area contributed by atoms with Gasteiger partial charge in [0, 0.05) is 22.7 Å². The number of halogens is 2. The van der Waals surface area contributed by atoms with E-state index in [1.54, 1.807) is 18.2 Å². The Morgan fingerprint density at radius 2 is 2.10 bits per heavy atom. The molecule has 5 nitrogen and oxygen atoms in total. The van der Waals surface area contributed by atoms with Gasteiger partial charge in [0.25, 0.3) is 0 Å². The molecule has 2 atom stereocenters. The third kappa shape index (κ3) is 4.83. The number of carbonyl (C=O) groups excluding carboxylic acids is 1. The van der Waals surface area contributed by atoms with Gasteiger partial charge in [-0.2, -0.15) is 0 Å². The second-order valence-electron chi connectivity index (χ2n) is 4.04. The summed E-state index contributed by atoms with van der Waals surface area (Å²) in [5.41, 5.74) is 5.73. The minimum atomic E-state index is -0.868. The fraction of sp³-hybridized carbons (Fsp3) is 0.462. The maximum absolute atomic E-state index is 11.0. The van der Waals surface area contributed by atoms with Crippen LogP contribution in [0.5, 0.6) is 0 Å². The van der Waals surface area contributed by atoms with Gasteiger partial charge in [0.05, 0.1) is 0 Å². The zero-order chi connectivity index (χ0) is 15.1. The molecule has 0 radical (unpaired) electrons. The molecule has 0 fully saturated rings. The Bertz CT molecular complexity index is 456. The number of carbonyl (C=O) groups is 1. The van der Waals surface area contributed by atoms with Crippen molar-refractivity contribution in [2.45, 2.75) is 25.6 Å². The van der Waals surface area contributed by atoms with Crippen molar-refractivity contribution in [1.82, 2.24) is 0 Å². The Kier molecular flexibility index (Phi) is 7.09. The molecule has 0 aromatic heterocycles. The van der Waals surface area contributed by atoms with Gasteiger partial charge in [-0.3, -0.25) is 0 Å². The van der Waals surface area contributed by atoms with Crippen LogP contribution in [-0.4, -0.2) is 26.1 Å². The standard InChI is InChI=1S/C13H17Cl2NO4/c1-3-11(20-13(16)17)12(19-7-18-2)9-5-4-8(14)6-10(9)15/h4-6,11-12H,3,7H2,1-2H3,(H2,16,17). The van der Waals surface area contributed by atoms with E-state index in [0.717, 1.165) is 0 Å². The van der Waals surface area contributed by atoms with Crippen LogP contribution >= 0.6 is 23.2 Å². The Labute approximate surface area is 127 Å². The monoisotopic (exact) mass is 321 g/mol. The molecule has 0 saturated heterocycles. The van der Waals surface area contributed by atoms with Gasteiger partial charge < -0.3 is 19.9 Å². The van der Waals surface area contributed by atoms with E-state index in [1.807, 2.05) is 6.92 Å². The zero-order valence-electron chi connectivity index (χ0n) is 11.3.